The van der Waals surface area contributed by atoms with Gasteiger partial charge >= 0.3 is 0 Å². The Hall–Kier alpha value is -2.87. The van der Waals surface area contributed by atoms with Crippen LogP contribution in [0.3, 0.4) is 0 Å². The van der Waals surface area contributed by atoms with Crippen molar-refractivity contribution in [1.29, 1.82) is 0 Å². The fourth-order valence-corrected chi connectivity index (χ4v) is 2.81. The highest BCUT2D eigenvalue weighted by atomic mass is 32.1. The van der Waals surface area contributed by atoms with E-state index in [-0.39, 0.29) is 17.4 Å². The number of carbonyl (C=O) groups is 3. The molecule has 2 aromatic rings. The molecule has 0 aliphatic rings. The number of ether oxygens (including phenoxy) is 1. The van der Waals surface area contributed by atoms with E-state index in [1.807, 2.05) is 0 Å². The van der Waals surface area contributed by atoms with E-state index >= 15 is 0 Å². The lowest BCUT2D eigenvalue weighted by molar-refractivity contribution is -0.119. The van der Waals surface area contributed by atoms with Gasteiger partial charge in [0, 0.05) is 12.5 Å². The lowest BCUT2D eigenvalue weighted by Crippen LogP contribution is -2.40. The van der Waals surface area contributed by atoms with Crippen molar-refractivity contribution < 1.29 is 19.1 Å². The number of rotatable bonds is 7. The standard InChI is InChI=1S/C18H21N3O4S/c1-3-4-9-25-14-7-5-6-13(11-14)16(23)19-18-15(8-10-26-18)17(24)21-20-12(2)22/h5-8,10-11H,3-4,9H2,1-2H3,(H,19,23)(H,20,22)(H,21,24). The molecule has 138 valence electrons. The first-order chi connectivity index (χ1) is 12.5. The maximum absolute atomic E-state index is 12.5. The molecule has 1 heterocycles. The first kappa shape index (κ1) is 19.5. The van der Waals surface area contributed by atoms with Gasteiger partial charge in [0.05, 0.1) is 12.2 Å². The molecule has 1 aromatic carbocycles. The molecule has 2 rings (SSSR count). The van der Waals surface area contributed by atoms with Crippen LogP contribution in [-0.4, -0.2) is 24.3 Å². The lowest BCUT2D eigenvalue weighted by atomic mass is 10.2. The van der Waals surface area contributed by atoms with E-state index in [0.29, 0.717) is 22.9 Å². The van der Waals surface area contributed by atoms with Crippen molar-refractivity contribution in [2.45, 2.75) is 26.7 Å². The highest BCUT2D eigenvalue weighted by Crippen LogP contribution is 2.24. The van der Waals surface area contributed by atoms with Crippen LogP contribution in [-0.2, 0) is 4.79 Å². The molecule has 1 aromatic heterocycles. The summed E-state index contributed by atoms with van der Waals surface area (Å²) in [6, 6.07) is 8.45. The summed E-state index contributed by atoms with van der Waals surface area (Å²) in [4.78, 5) is 35.4. The fraction of sp³-hybridized carbons (Fsp3) is 0.278. The second kappa shape index (κ2) is 9.57. The van der Waals surface area contributed by atoms with E-state index in [9.17, 15) is 14.4 Å². The molecule has 0 aliphatic carbocycles. The number of nitrogens with one attached hydrogen (secondary N) is 3. The van der Waals surface area contributed by atoms with Crippen molar-refractivity contribution in [1.82, 2.24) is 10.9 Å². The second-order valence-electron chi connectivity index (χ2n) is 5.48. The number of hydrogen-bond donors (Lipinski definition) is 3. The van der Waals surface area contributed by atoms with E-state index in [2.05, 4.69) is 23.1 Å². The molecule has 8 heteroatoms. The monoisotopic (exact) mass is 375 g/mol. The van der Waals surface area contributed by atoms with Gasteiger partial charge in [0.15, 0.2) is 0 Å². The van der Waals surface area contributed by atoms with E-state index in [4.69, 9.17) is 4.74 Å². The van der Waals surface area contributed by atoms with E-state index < -0.39 is 5.91 Å². The maximum Gasteiger partial charge on any atom is 0.272 e. The van der Waals surface area contributed by atoms with E-state index in [0.717, 1.165) is 12.8 Å². The van der Waals surface area contributed by atoms with Crippen LogP contribution < -0.4 is 20.9 Å². The van der Waals surface area contributed by atoms with Crippen molar-refractivity contribution in [2.75, 3.05) is 11.9 Å². The Balaban J connectivity index is 2.04. The largest absolute Gasteiger partial charge is 0.494 e. The average Bonchev–Trinajstić information content (AvgIpc) is 3.08. The minimum atomic E-state index is -0.506. The van der Waals surface area contributed by atoms with Crippen molar-refractivity contribution in [3.05, 3.63) is 46.8 Å². The normalized spacial score (nSPS) is 10.1. The molecular weight excluding hydrogens is 354 g/mol. The number of unbranched alkanes of at least 4 members (excludes halogenated alkanes) is 1. The summed E-state index contributed by atoms with van der Waals surface area (Å²) >= 11 is 1.22. The number of anilines is 1. The van der Waals surface area contributed by atoms with Gasteiger partial charge in [-0.3, -0.25) is 25.2 Å². The molecule has 0 radical (unpaired) electrons. The summed E-state index contributed by atoms with van der Waals surface area (Å²) in [6.45, 7) is 3.96. The quantitative estimate of drug-likeness (QED) is 0.512. The van der Waals surface area contributed by atoms with Crippen LogP contribution in [0, 0.1) is 0 Å². The van der Waals surface area contributed by atoms with Crippen molar-refractivity contribution in [3.63, 3.8) is 0 Å². The number of thiophene rings is 1. The third-order valence-corrected chi connectivity index (χ3v) is 4.18. The zero-order valence-corrected chi connectivity index (χ0v) is 15.4. The molecule has 3 N–H and O–H groups in total. The molecule has 0 saturated carbocycles. The molecule has 3 amide bonds. The average molecular weight is 375 g/mol. The highest BCUT2D eigenvalue weighted by Gasteiger charge is 2.16. The SMILES string of the molecule is CCCCOc1cccc(C(=O)Nc2sccc2C(=O)NNC(C)=O)c1. The van der Waals surface area contributed by atoms with Crippen LogP contribution in [0.5, 0.6) is 5.75 Å². The summed E-state index contributed by atoms with van der Waals surface area (Å²) in [7, 11) is 0. The van der Waals surface area contributed by atoms with Crippen LogP contribution in [0.2, 0.25) is 0 Å². The summed E-state index contributed by atoms with van der Waals surface area (Å²) in [5.41, 5.74) is 5.19. The maximum atomic E-state index is 12.5. The minimum Gasteiger partial charge on any atom is -0.494 e. The Morgan fingerprint density at radius 2 is 1.92 bits per heavy atom. The Morgan fingerprint density at radius 1 is 1.12 bits per heavy atom. The Kier molecular flexibility index (Phi) is 7.16. The Bertz CT molecular complexity index is 788. The van der Waals surface area contributed by atoms with E-state index in [1.54, 1.807) is 35.7 Å². The number of hydrazine groups is 1. The molecule has 0 bridgehead atoms. The zero-order valence-electron chi connectivity index (χ0n) is 14.6. The molecule has 0 aliphatic heterocycles. The Labute approximate surface area is 155 Å². The smallest absolute Gasteiger partial charge is 0.272 e. The predicted molar refractivity (Wildman–Crippen MR) is 100 cm³/mol. The van der Waals surface area contributed by atoms with Crippen molar-refractivity contribution in [2.24, 2.45) is 0 Å². The van der Waals surface area contributed by atoms with Gasteiger partial charge in [-0.25, -0.2) is 0 Å². The van der Waals surface area contributed by atoms with Gasteiger partial charge in [0.25, 0.3) is 11.8 Å². The van der Waals surface area contributed by atoms with Crippen LogP contribution >= 0.6 is 11.3 Å². The van der Waals surface area contributed by atoms with E-state index in [1.165, 1.54) is 18.3 Å². The molecule has 26 heavy (non-hydrogen) atoms. The topological polar surface area (TPSA) is 96.5 Å². The van der Waals surface area contributed by atoms with Crippen LogP contribution in [0.4, 0.5) is 5.00 Å². The lowest BCUT2D eigenvalue weighted by Gasteiger charge is -2.09. The molecular formula is C18H21N3O4S. The number of carbonyl (C=O) groups excluding carboxylic acids is 3. The van der Waals surface area contributed by atoms with Crippen LogP contribution in [0.15, 0.2) is 35.7 Å². The molecule has 0 saturated heterocycles. The first-order valence-corrected chi connectivity index (χ1v) is 9.08. The fourth-order valence-electron chi connectivity index (χ4n) is 2.03. The van der Waals surface area contributed by atoms with Gasteiger partial charge in [-0.1, -0.05) is 19.4 Å². The summed E-state index contributed by atoms with van der Waals surface area (Å²) in [5, 5.41) is 4.80. The third kappa shape index (κ3) is 5.59. The summed E-state index contributed by atoms with van der Waals surface area (Å²) in [6.07, 6.45) is 1.97. The highest BCUT2D eigenvalue weighted by molar-refractivity contribution is 7.14. The minimum absolute atomic E-state index is 0.271. The van der Waals surface area contributed by atoms with Crippen LogP contribution in [0.1, 0.15) is 47.4 Å². The van der Waals surface area contributed by atoms with Gasteiger partial charge in [-0.15, -0.1) is 11.3 Å². The number of hydrogen-bond acceptors (Lipinski definition) is 5. The zero-order chi connectivity index (χ0) is 18.9. The second-order valence-corrected chi connectivity index (χ2v) is 6.40. The molecule has 0 atom stereocenters. The summed E-state index contributed by atoms with van der Waals surface area (Å²) in [5.74, 6) is -0.615. The molecule has 0 spiro atoms. The molecule has 7 nitrogen and oxygen atoms in total. The third-order valence-electron chi connectivity index (χ3n) is 3.35. The Morgan fingerprint density at radius 3 is 2.65 bits per heavy atom. The number of benzene rings is 1. The van der Waals surface area contributed by atoms with Crippen molar-refractivity contribution in [3.8, 4) is 5.75 Å². The van der Waals surface area contributed by atoms with Gasteiger partial charge in [0.2, 0.25) is 5.91 Å². The van der Waals surface area contributed by atoms with Gasteiger partial charge in [-0.05, 0) is 36.1 Å². The van der Waals surface area contributed by atoms with Gasteiger partial charge in [0.1, 0.15) is 10.8 Å². The predicted octanol–water partition coefficient (Wildman–Crippen LogP) is 2.96. The first-order valence-electron chi connectivity index (χ1n) is 8.20. The van der Waals surface area contributed by atoms with Gasteiger partial charge < -0.3 is 10.1 Å². The van der Waals surface area contributed by atoms with Crippen LogP contribution in [0.25, 0.3) is 0 Å². The number of amides is 3. The molecule has 0 unspecified atom stereocenters. The van der Waals surface area contributed by atoms with Gasteiger partial charge in [-0.2, -0.15) is 0 Å². The van der Waals surface area contributed by atoms with Crippen molar-refractivity contribution >= 4 is 34.1 Å². The molecule has 0 fully saturated rings. The summed E-state index contributed by atoms with van der Waals surface area (Å²) < 4.78 is 5.61.